The summed E-state index contributed by atoms with van der Waals surface area (Å²) >= 11 is 0. The molecule has 3 aromatic rings. The molecule has 2 heterocycles. The number of benzene rings is 1. The maximum absolute atomic E-state index is 9.37. The van der Waals surface area contributed by atoms with Crippen molar-refractivity contribution in [2.75, 3.05) is 18.5 Å². The zero-order chi connectivity index (χ0) is 17.8. The molecule has 0 fully saturated rings. The molecule has 2 aromatic heterocycles. The van der Waals surface area contributed by atoms with Gasteiger partial charge in [0.1, 0.15) is 0 Å². The fourth-order valence-corrected chi connectivity index (χ4v) is 2.66. The van der Waals surface area contributed by atoms with E-state index in [0.717, 1.165) is 34.9 Å². The van der Waals surface area contributed by atoms with Gasteiger partial charge in [-0.15, -0.1) is 0 Å². The van der Waals surface area contributed by atoms with Crippen LogP contribution in [0.4, 0.5) is 5.69 Å². The molecule has 1 atom stereocenters. The van der Waals surface area contributed by atoms with Crippen molar-refractivity contribution < 1.29 is 10.2 Å². The summed E-state index contributed by atoms with van der Waals surface area (Å²) in [5, 5.41) is 30.3. The number of rotatable bonds is 7. The smallest absolute Gasteiger partial charge is 0.0961 e. The van der Waals surface area contributed by atoms with Gasteiger partial charge in [-0.2, -0.15) is 10.2 Å². The second-order valence-corrected chi connectivity index (χ2v) is 5.87. The van der Waals surface area contributed by atoms with Crippen LogP contribution in [0.2, 0.25) is 0 Å². The van der Waals surface area contributed by atoms with Crippen LogP contribution in [-0.2, 0) is 6.54 Å². The number of aliphatic hydroxyl groups excluding tert-OH is 2. The van der Waals surface area contributed by atoms with E-state index in [1.807, 2.05) is 59.0 Å². The van der Waals surface area contributed by atoms with Gasteiger partial charge in [-0.05, 0) is 44.2 Å². The summed E-state index contributed by atoms with van der Waals surface area (Å²) in [5.74, 6) is 0. The molecule has 3 rings (SSSR count). The molecule has 7 heteroatoms. The normalized spacial score (nSPS) is 12.3. The molecule has 0 aliphatic heterocycles. The largest absolute Gasteiger partial charge is 0.394 e. The lowest BCUT2D eigenvalue weighted by atomic mass is 10.2. The zero-order valence-electron chi connectivity index (χ0n) is 14.4. The van der Waals surface area contributed by atoms with E-state index in [-0.39, 0.29) is 6.61 Å². The van der Waals surface area contributed by atoms with E-state index in [0.29, 0.717) is 6.54 Å². The van der Waals surface area contributed by atoms with Crippen molar-refractivity contribution >= 4 is 5.69 Å². The number of nitrogens with zero attached hydrogens (tertiary/aromatic N) is 4. The Morgan fingerprint density at radius 1 is 1.20 bits per heavy atom. The first-order valence-electron chi connectivity index (χ1n) is 8.34. The van der Waals surface area contributed by atoms with Crippen molar-refractivity contribution in [1.29, 1.82) is 0 Å². The van der Waals surface area contributed by atoms with Crippen molar-refractivity contribution in [3.63, 3.8) is 0 Å². The Bertz CT molecular complexity index is 822. The monoisotopic (exact) mass is 341 g/mol. The van der Waals surface area contributed by atoms with Gasteiger partial charge < -0.3 is 15.5 Å². The van der Waals surface area contributed by atoms with E-state index in [9.17, 15) is 5.11 Å². The molecule has 1 aromatic carbocycles. The van der Waals surface area contributed by atoms with Gasteiger partial charge in [0, 0.05) is 36.2 Å². The summed E-state index contributed by atoms with van der Waals surface area (Å²) in [5.41, 5.74) is 4.86. The van der Waals surface area contributed by atoms with Crippen LogP contribution in [0.1, 0.15) is 12.6 Å². The lowest BCUT2D eigenvalue weighted by Crippen LogP contribution is -2.22. The first-order valence-corrected chi connectivity index (χ1v) is 8.34. The molecule has 7 nitrogen and oxygen atoms in total. The molecule has 3 N–H and O–H groups in total. The molecule has 0 spiro atoms. The third kappa shape index (κ3) is 3.72. The van der Waals surface area contributed by atoms with Crippen molar-refractivity contribution in [2.45, 2.75) is 26.5 Å². The third-order valence-corrected chi connectivity index (χ3v) is 4.15. The topological polar surface area (TPSA) is 88.1 Å². The molecular formula is C18H23N5O2. The maximum atomic E-state index is 9.37. The highest BCUT2D eigenvalue weighted by Crippen LogP contribution is 2.22. The molecular weight excluding hydrogens is 318 g/mol. The highest BCUT2D eigenvalue weighted by molar-refractivity contribution is 5.61. The SMILES string of the molecule is CCn1ncc(-c2ccn(-c3ccc(NCC(O)CO)cc3)n2)c1C. The van der Waals surface area contributed by atoms with E-state index in [1.54, 1.807) is 0 Å². The second-order valence-electron chi connectivity index (χ2n) is 5.87. The van der Waals surface area contributed by atoms with Gasteiger partial charge in [0.25, 0.3) is 0 Å². The minimum Gasteiger partial charge on any atom is -0.394 e. The minimum atomic E-state index is -0.763. The average Bonchev–Trinajstić information content (AvgIpc) is 3.26. The van der Waals surface area contributed by atoms with Gasteiger partial charge in [-0.25, -0.2) is 4.68 Å². The van der Waals surface area contributed by atoms with Crippen LogP contribution < -0.4 is 5.32 Å². The lowest BCUT2D eigenvalue weighted by Gasteiger charge is -2.10. The fourth-order valence-electron chi connectivity index (χ4n) is 2.66. The van der Waals surface area contributed by atoms with Crippen LogP contribution >= 0.6 is 0 Å². The number of anilines is 1. The summed E-state index contributed by atoms with van der Waals surface area (Å²) < 4.78 is 3.78. The Morgan fingerprint density at radius 2 is 1.96 bits per heavy atom. The molecule has 0 aliphatic carbocycles. The van der Waals surface area contributed by atoms with Crippen LogP contribution in [0, 0.1) is 6.92 Å². The van der Waals surface area contributed by atoms with Gasteiger partial charge in [-0.3, -0.25) is 4.68 Å². The Balaban J connectivity index is 1.74. The number of hydrogen-bond donors (Lipinski definition) is 3. The van der Waals surface area contributed by atoms with Gasteiger partial charge in [0.2, 0.25) is 0 Å². The Morgan fingerprint density at radius 3 is 2.60 bits per heavy atom. The van der Waals surface area contributed by atoms with Crippen molar-refractivity contribution in [1.82, 2.24) is 19.6 Å². The van der Waals surface area contributed by atoms with Crippen LogP contribution in [0.15, 0.2) is 42.7 Å². The quantitative estimate of drug-likeness (QED) is 0.610. The highest BCUT2D eigenvalue weighted by atomic mass is 16.3. The second kappa shape index (κ2) is 7.50. The van der Waals surface area contributed by atoms with Crippen LogP contribution in [0.3, 0.4) is 0 Å². The summed E-state index contributed by atoms with van der Waals surface area (Å²) in [6.07, 6.45) is 3.02. The van der Waals surface area contributed by atoms with Crippen molar-refractivity contribution in [2.24, 2.45) is 0 Å². The molecule has 0 radical (unpaired) electrons. The molecule has 0 aliphatic rings. The number of nitrogens with one attached hydrogen (secondary N) is 1. The standard InChI is InChI=1S/C18H23N5O2/c1-3-22-13(2)17(11-20-22)18-8-9-23(21-18)15-6-4-14(5-7-15)19-10-16(25)12-24/h4-9,11,16,19,24-25H,3,10,12H2,1-2H3. The van der Waals surface area contributed by atoms with Crippen LogP contribution in [-0.4, -0.2) is 49.0 Å². The molecule has 132 valence electrons. The summed E-state index contributed by atoms with van der Waals surface area (Å²) in [7, 11) is 0. The predicted molar refractivity (Wildman–Crippen MR) is 96.8 cm³/mol. The van der Waals surface area contributed by atoms with E-state index in [4.69, 9.17) is 5.11 Å². The Kier molecular flexibility index (Phi) is 5.16. The highest BCUT2D eigenvalue weighted by Gasteiger charge is 2.11. The predicted octanol–water partition coefficient (Wildman–Crippen LogP) is 1.83. The first kappa shape index (κ1) is 17.2. The zero-order valence-corrected chi connectivity index (χ0v) is 14.4. The molecule has 0 saturated heterocycles. The van der Waals surface area contributed by atoms with Crippen LogP contribution in [0.25, 0.3) is 16.9 Å². The number of aryl methyl sites for hydroxylation is 1. The van der Waals surface area contributed by atoms with E-state index < -0.39 is 6.10 Å². The molecule has 0 saturated carbocycles. The van der Waals surface area contributed by atoms with Gasteiger partial charge in [-0.1, -0.05) is 0 Å². The van der Waals surface area contributed by atoms with Gasteiger partial charge in [0.05, 0.1) is 30.3 Å². The van der Waals surface area contributed by atoms with Crippen molar-refractivity contribution in [3.05, 3.63) is 48.4 Å². The van der Waals surface area contributed by atoms with Crippen molar-refractivity contribution in [3.8, 4) is 16.9 Å². The molecule has 1 unspecified atom stereocenters. The third-order valence-electron chi connectivity index (χ3n) is 4.15. The van der Waals surface area contributed by atoms with Gasteiger partial charge in [0.15, 0.2) is 0 Å². The number of hydrogen-bond acceptors (Lipinski definition) is 5. The van der Waals surface area contributed by atoms with E-state index in [1.165, 1.54) is 0 Å². The Labute approximate surface area is 146 Å². The summed E-state index contributed by atoms with van der Waals surface area (Å²) in [6, 6.07) is 9.72. The van der Waals surface area contributed by atoms with E-state index >= 15 is 0 Å². The Hall–Kier alpha value is -2.64. The van der Waals surface area contributed by atoms with Crippen LogP contribution in [0.5, 0.6) is 0 Å². The fraction of sp³-hybridized carbons (Fsp3) is 0.333. The first-order chi connectivity index (χ1) is 12.1. The lowest BCUT2D eigenvalue weighted by molar-refractivity contribution is 0.105. The molecule has 0 amide bonds. The van der Waals surface area contributed by atoms with Gasteiger partial charge >= 0.3 is 0 Å². The maximum Gasteiger partial charge on any atom is 0.0961 e. The molecule has 25 heavy (non-hydrogen) atoms. The summed E-state index contributed by atoms with van der Waals surface area (Å²) in [6.45, 7) is 5.01. The molecule has 0 bridgehead atoms. The number of aromatic nitrogens is 4. The van der Waals surface area contributed by atoms with E-state index in [2.05, 4.69) is 22.4 Å². The summed E-state index contributed by atoms with van der Waals surface area (Å²) in [4.78, 5) is 0. The average molecular weight is 341 g/mol. The number of aliphatic hydroxyl groups is 2. The minimum absolute atomic E-state index is 0.255.